The van der Waals surface area contributed by atoms with Crippen molar-refractivity contribution >= 4 is 5.91 Å². The first-order valence-corrected chi connectivity index (χ1v) is 7.54. The Balaban J connectivity index is 1.85. The van der Waals surface area contributed by atoms with Gasteiger partial charge in [0.25, 0.3) is 5.91 Å². The summed E-state index contributed by atoms with van der Waals surface area (Å²) < 4.78 is 16.3. The molecule has 2 rings (SSSR count). The van der Waals surface area contributed by atoms with Crippen LogP contribution in [0.1, 0.15) is 41.9 Å². The minimum Gasteiger partial charge on any atom is -0.493 e. The predicted molar refractivity (Wildman–Crippen MR) is 86.2 cm³/mol. The van der Waals surface area contributed by atoms with Gasteiger partial charge in [-0.25, -0.2) is 4.98 Å². The molecule has 1 N–H and O–H groups in total. The Kier molecular flexibility index (Phi) is 5.62. The molecule has 23 heavy (non-hydrogen) atoms. The number of hydrogen-bond acceptors (Lipinski definition) is 5. The number of ether oxygens (including phenoxy) is 2. The number of oxazole rings is 1. The van der Waals surface area contributed by atoms with Gasteiger partial charge in [0.05, 0.1) is 13.7 Å². The number of amides is 1. The highest BCUT2D eigenvalue weighted by molar-refractivity contribution is 5.93. The molecule has 0 aliphatic rings. The number of carbonyl (C=O) groups is 1. The number of methoxy groups -OCH3 is 1. The SMILES string of the molecule is COc1ccccc1OCCNC(=O)c1nc(C(C)C)oc1C. The lowest BCUT2D eigenvalue weighted by Gasteiger charge is -2.10. The van der Waals surface area contributed by atoms with Gasteiger partial charge in [0, 0.05) is 5.92 Å². The molecule has 0 radical (unpaired) electrons. The van der Waals surface area contributed by atoms with E-state index in [1.807, 2.05) is 38.1 Å². The molecular formula is C17H22N2O4. The number of para-hydroxylation sites is 2. The zero-order valence-corrected chi connectivity index (χ0v) is 13.9. The van der Waals surface area contributed by atoms with E-state index in [-0.39, 0.29) is 11.8 Å². The molecule has 0 aliphatic carbocycles. The van der Waals surface area contributed by atoms with Crippen molar-refractivity contribution in [3.63, 3.8) is 0 Å². The van der Waals surface area contributed by atoms with Gasteiger partial charge in [0.2, 0.25) is 0 Å². The summed E-state index contributed by atoms with van der Waals surface area (Å²) in [5.41, 5.74) is 0.325. The molecule has 1 aromatic heterocycles. The number of rotatable bonds is 7. The van der Waals surface area contributed by atoms with Crippen molar-refractivity contribution in [3.8, 4) is 11.5 Å². The molecule has 1 heterocycles. The Morgan fingerprint density at radius 1 is 1.30 bits per heavy atom. The summed E-state index contributed by atoms with van der Waals surface area (Å²) in [5.74, 6) is 2.28. The first-order chi connectivity index (χ1) is 11.0. The molecule has 2 aromatic rings. The van der Waals surface area contributed by atoms with Gasteiger partial charge in [-0.2, -0.15) is 0 Å². The van der Waals surface area contributed by atoms with Crippen LogP contribution >= 0.6 is 0 Å². The van der Waals surface area contributed by atoms with E-state index in [9.17, 15) is 4.79 Å². The van der Waals surface area contributed by atoms with E-state index in [1.54, 1.807) is 14.0 Å². The highest BCUT2D eigenvalue weighted by Crippen LogP contribution is 2.25. The summed E-state index contributed by atoms with van der Waals surface area (Å²) >= 11 is 0. The van der Waals surface area contributed by atoms with Crippen LogP contribution in [0.5, 0.6) is 11.5 Å². The maximum Gasteiger partial charge on any atom is 0.273 e. The van der Waals surface area contributed by atoms with Gasteiger partial charge in [0.15, 0.2) is 23.1 Å². The second kappa shape index (κ2) is 7.67. The summed E-state index contributed by atoms with van der Waals surface area (Å²) in [4.78, 5) is 16.4. The van der Waals surface area contributed by atoms with Crippen LogP contribution in [0, 0.1) is 6.92 Å². The molecular weight excluding hydrogens is 296 g/mol. The molecule has 0 saturated carbocycles. The monoisotopic (exact) mass is 318 g/mol. The van der Waals surface area contributed by atoms with E-state index in [2.05, 4.69) is 10.3 Å². The molecule has 1 amide bonds. The Labute approximate surface area is 135 Å². The van der Waals surface area contributed by atoms with Crippen molar-refractivity contribution in [2.24, 2.45) is 0 Å². The second-order valence-corrected chi connectivity index (χ2v) is 5.37. The van der Waals surface area contributed by atoms with Gasteiger partial charge < -0.3 is 19.2 Å². The van der Waals surface area contributed by atoms with Crippen LogP contribution in [0.4, 0.5) is 0 Å². The topological polar surface area (TPSA) is 73.6 Å². The fourth-order valence-corrected chi connectivity index (χ4v) is 2.02. The highest BCUT2D eigenvalue weighted by atomic mass is 16.5. The van der Waals surface area contributed by atoms with Crippen LogP contribution in [-0.4, -0.2) is 31.2 Å². The van der Waals surface area contributed by atoms with Crippen LogP contribution in [-0.2, 0) is 0 Å². The third-order valence-electron chi connectivity index (χ3n) is 3.24. The van der Waals surface area contributed by atoms with Crippen LogP contribution in [0.2, 0.25) is 0 Å². The van der Waals surface area contributed by atoms with Crippen molar-refractivity contribution in [1.29, 1.82) is 0 Å². The predicted octanol–water partition coefficient (Wildman–Crippen LogP) is 2.92. The molecule has 0 saturated heterocycles. The molecule has 6 nitrogen and oxygen atoms in total. The molecule has 6 heteroatoms. The number of carbonyl (C=O) groups excluding carboxylic acids is 1. The van der Waals surface area contributed by atoms with Crippen LogP contribution < -0.4 is 14.8 Å². The number of benzene rings is 1. The molecule has 1 aromatic carbocycles. The summed E-state index contributed by atoms with van der Waals surface area (Å²) in [6.45, 7) is 6.36. The molecule has 0 bridgehead atoms. The number of aryl methyl sites for hydroxylation is 1. The lowest BCUT2D eigenvalue weighted by Crippen LogP contribution is -2.29. The lowest BCUT2D eigenvalue weighted by molar-refractivity contribution is 0.0941. The maximum absolute atomic E-state index is 12.1. The average molecular weight is 318 g/mol. The molecule has 124 valence electrons. The Hall–Kier alpha value is -2.50. The van der Waals surface area contributed by atoms with Gasteiger partial charge in [-0.15, -0.1) is 0 Å². The summed E-state index contributed by atoms with van der Waals surface area (Å²) in [7, 11) is 1.59. The quantitative estimate of drug-likeness (QED) is 0.795. The third-order valence-corrected chi connectivity index (χ3v) is 3.24. The molecule has 0 spiro atoms. The zero-order chi connectivity index (χ0) is 16.8. The number of nitrogens with one attached hydrogen (secondary N) is 1. The number of hydrogen-bond donors (Lipinski definition) is 1. The first kappa shape index (κ1) is 16.9. The normalized spacial score (nSPS) is 10.7. The zero-order valence-electron chi connectivity index (χ0n) is 13.9. The largest absolute Gasteiger partial charge is 0.493 e. The van der Waals surface area contributed by atoms with Crippen LogP contribution in [0.3, 0.4) is 0 Å². The fraction of sp³-hybridized carbons (Fsp3) is 0.412. The van der Waals surface area contributed by atoms with E-state index >= 15 is 0 Å². The van der Waals surface area contributed by atoms with E-state index < -0.39 is 0 Å². The molecule has 0 unspecified atom stereocenters. The van der Waals surface area contributed by atoms with E-state index in [0.29, 0.717) is 42.0 Å². The van der Waals surface area contributed by atoms with Crippen molar-refractivity contribution in [1.82, 2.24) is 10.3 Å². The standard InChI is InChI=1S/C17H22N2O4/c1-11(2)17-19-15(12(3)23-17)16(20)18-9-10-22-14-8-6-5-7-13(14)21-4/h5-8,11H,9-10H2,1-4H3,(H,18,20). The minimum absolute atomic E-state index is 0.143. The van der Waals surface area contributed by atoms with Crippen LogP contribution in [0.25, 0.3) is 0 Å². The second-order valence-electron chi connectivity index (χ2n) is 5.37. The van der Waals surface area contributed by atoms with Gasteiger partial charge in [0.1, 0.15) is 12.4 Å². The number of aromatic nitrogens is 1. The minimum atomic E-state index is -0.262. The highest BCUT2D eigenvalue weighted by Gasteiger charge is 2.18. The van der Waals surface area contributed by atoms with Crippen LogP contribution in [0.15, 0.2) is 28.7 Å². The van der Waals surface area contributed by atoms with Gasteiger partial charge in [-0.3, -0.25) is 4.79 Å². The van der Waals surface area contributed by atoms with Crippen molar-refractivity contribution < 1.29 is 18.7 Å². The molecule has 0 fully saturated rings. The maximum atomic E-state index is 12.1. The van der Waals surface area contributed by atoms with Crippen molar-refractivity contribution in [2.75, 3.05) is 20.3 Å². The van der Waals surface area contributed by atoms with Gasteiger partial charge in [-0.1, -0.05) is 26.0 Å². The first-order valence-electron chi connectivity index (χ1n) is 7.54. The summed E-state index contributed by atoms with van der Waals surface area (Å²) in [5, 5.41) is 2.77. The average Bonchev–Trinajstić information content (AvgIpc) is 2.94. The molecule has 0 atom stereocenters. The summed E-state index contributed by atoms with van der Waals surface area (Å²) in [6, 6.07) is 7.37. The van der Waals surface area contributed by atoms with Crippen molar-refractivity contribution in [2.45, 2.75) is 26.7 Å². The van der Waals surface area contributed by atoms with E-state index in [0.717, 1.165) is 0 Å². The van der Waals surface area contributed by atoms with Crippen molar-refractivity contribution in [3.05, 3.63) is 41.6 Å². The Bertz CT molecular complexity index is 664. The smallest absolute Gasteiger partial charge is 0.273 e. The molecule has 0 aliphatic heterocycles. The third kappa shape index (κ3) is 4.25. The van der Waals surface area contributed by atoms with E-state index in [1.165, 1.54) is 0 Å². The Morgan fingerprint density at radius 2 is 2.00 bits per heavy atom. The number of nitrogens with zero attached hydrogens (tertiary/aromatic N) is 1. The fourth-order valence-electron chi connectivity index (χ4n) is 2.02. The van der Waals surface area contributed by atoms with Gasteiger partial charge >= 0.3 is 0 Å². The Morgan fingerprint density at radius 3 is 2.61 bits per heavy atom. The lowest BCUT2D eigenvalue weighted by atomic mass is 10.2. The summed E-state index contributed by atoms with van der Waals surface area (Å²) in [6.07, 6.45) is 0. The van der Waals surface area contributed by atoms with E-state index in [4.69, 9.17) is 13.9 Å². The van der Waals surface area contributed by atoms with Gasteiger partial charge in [-0.05, 0) is 19.1 Å².